The second-order valence-corrected chi connectivity index (χ2v) is 7.00. The van der Waals surface area contributed by atoms with Crippen LogP contribution in [-0.4, -0.2) is 11.7 Å². The Bertz CT molecular complexity index is 676. The van der Waals surface area contributed by atoms with E-state index in [1.807, 2.05) is 64.1 Å². The summed E-state index contributed by atoms with van der Waals surface area (Å²) < 4.78 is 11.5. The highest BCUT2D eigenvalue weighted by Crippen LogP contribution is 2.25. The first-order chi connectivity index (χ1) is 10.7. The molecule has 2 rings (SSSR count). The minimum Gasteiger partial charge on any atom is -0.452 e. The maximum atomic E-state index is 11.8. The van der Waals surface area contributed by atoms with Gasteiger partial charge in [0, 0.05) is 11.4 Å². The van der Waals surface area contributed by atoms with Crippen molar-refractivity contribution >= 4 is 33.4 Å². The Labute approximate surface area is 144 Å². The van der Waals surface area contributed by atoms with Crippen LogP contribution in [0.1, 0.15) is 39.5 Å². The molecule has 2 N–H and O–H groups in total. The van der Waals surface area contributed by atoms with Crippen LogP contribution in [-0.2, 0) is 4.74 Å². The van der Waals surface area contributed by atoms with Crippen molar-refractivity contribution in [1.82, 2.24) is 0 Å². The average molecular weight is 381 g/mol. The first kappa shape index (κ1) is 17.4. The number of anilines is 2. The van der Waals surface area contributed by atoms with Crippen LogP contribution in [0.4, 0.5) is 16.2 Å². The molecule has 23 heavy (non-hydrogen) atoms. The van der Waals surface area contributed by atoms with Gasteiger partial charge in [-0.15, -0.1) is 0 Å². The van der Waals surface area contributed by atoms with Gasteiger partial charge >= 0.3 is 6.09 Å². The third-order valence-electron chi connectivity index (χ3n) is 2.91. The minimum absolute atomic E-state index is 0.00178. The number of ether oxygens (including phenoxy) is 1. The number of carbonyl (C=O) groups is 1. The number of hydrogen-bond acceptors (Lipinski definition) is 4. The molecule has 0 spiro atoms. The third kappa shape index (κ3) is 5.63. The summed E-state index contributed by atoms with van der Waals surface area (Å²) in [5.74, 6) is 0.822. The molecule has 0 aliphatic carbocycles. The summed E-state index contributed by atoms with van der Waals surface area (Å²) in [4.78, 5) is 11.8. The zero-order valence-corrected chi connectivity index (χ0v) is 15.2. The summed E-state index contributed by atoms with van der Waals surface area (Å²) in [7, 11) is 0. The van der Waals surface area contributed by atoms with Crippen LogP contribution >= 0.6 is 15.9 Å². The number of carbonyl (C=O) groups excluding carboxylic acids is 1. The Kier molecular flexibility index (Phi) is 5.36. The molecular formula is C17H21BrN2O3. The van der Waals surface area contributed by atoms with Crippen molar-refractivity contribution in [3.8, 4) is 0 Å². The standard InChI is InChI=1S/C17H21BrN2O3/c1-11(14-8-9-15(18)22-14)19-12-6-5-7-13(10-12)20-16(21)23-17(2,3)4/h5-11,19H,1-4H3,(H,20,21). The molecular weight excluding hydrogens is 360 g/mol. The molecule has 5 nitrogen and oxygen atoms in total. The third-order valence-corrected chi connectivity index (χ3v) is 3.34. The monoisotopic (exact) mass is 380 g/mol. The molecule has 6 heteroatoms. The normalized spacial score (nSPS) is 12.6. The zero-order valence-electron chi connectivity index (χ0n) is 13.6. The molecule has 0 saturated heterocycles. The molecule has 1 aromatic heterocycles. The summed E-state index contributed by atoms with van der Waals surface area (Å²) >= 11 is 3.29. The second kappa shape index (κ2) is 7.08. The first-order valence-electron chi connectivity index (χ1n) is 7.35. The lowest BCUT2D eigenvalue weighted by molar-refractivity contribution is 0.0636. The highest BCUT2D eigenvalue weighted by Gasteiger charge is 2.16. The minimum atomic E-state index is -0.527. The number of nitrogens with one attached hydrogen (secondary N) is 2. The highest BCUT2D eigenvalue weighted by molar-refractivity contribution is 9.10. The van der Waals surface area contributed by atoms with Crippen molar-refractivity contribution in [1.29, 1.82) is 0 Å². The van der Waals surface area contributed by atoms with E-state index in [2.05, 4.69) is 26.6 Å². The van der Waals surface area contributed by atoms with Crippen molar-refractivity contribution in [2.45, 2.75) is 39.3 Å². The molecule has 1 atom stereocenters. The maximum Gasteiger partial charge on any atom is 0.412 e. The fourth-order valence-corrected chi connectivity index (χ4v) is 2.31. The molecule has 124 valence electrons. The number of hydrogen-bond donors (Lipinski definition) is 2. The van der Waals surface area contributed by atoms with E-state index in [0.29, 0.717) is 10.4 Å². The van der Waals surface area contributed by atoms with Crippen molar-refractivity contribution in [3.63, 3.8) is 0 Å². The van der Waals surface area contributed by atoms with Gasteiger partial charge in [-0.2, -0.15) is 0 Å². The van der Waals surface area contributed by atoms with E-state index in [9.17, 15) is 4.79 Å². The van der Waals surface area contributed by atoms with Crippen LogP contribution in [0.5, 0.6) is 0 Å². The summed E-state index contributed by atoms with van der Waals surface area (Å²) in [6.45, 7) is 7.48. The van der Waals surface area contributed by atoms with E-state index in [0.717, 1.165) is 11.4 Å². The first-order valence-corrected chi connectivity index (χ1v) is 8.14. The van der Waals surface area contributed by atoms with E-state index in [1.54, 1.807) is 0 Å². The quantitative estimate of drug-likeness (QED) is 0.728. The molecule has 1 aromatic carbocycles. The zero-order chi connectivity index (χ0) is 17.0. The van der Waals surface area contributed by atoms with Gasteiger partial charge in [-0.1, -0.05) is 6.07 Å². The maximum absolute atomic E-state index is 11.8. The summed E-state index contributed by atoms with van der Waals surface area (Å²) in [5, 5.41) is 6.05. The molecule has 0 aliphatic rings. The highest BCUT2D eigenvalue weighted by atomic mass is 79.9. The lowest BCUT2D eigenvalue weighted by atomic mass is 10.2. The van der Waals surface area contributed by atoms with Gasteiger partial charge in [-0.05, 0) is 74.0 Å². The average Bonchev–Trinajstić information content (AvgIpc) is 2.83. The van der Waals surface area contributed by atoms with Crippen LogP contribution in [0, 0.1) is 0 Å². The van der Waals surface area contributed by atoms with Gasteiger partial charge in [0.05, 0.1) is 6.04 Å². The van der Waals surface area contributed by atoms with E-state index in [1.165, 1.54) is 0 Å². The summed E-state index contributed by atoms with van der Waals surface area (Å²) in [5.41, 5.74) is 1.01. The number of benzene rings is 1. The fourth-order valence-electron chi connectivity index (χ4n) is 1.99. The lowest BCUT2D eigenvalue weighted by Crippen LogP contribution is -2.27. The Morgan fingerprint density at radius 2 is 1.91 bits per heavy atom. The van der Waals surface area contributed by atoms with Crippen molar-refractivity contribution in [2.75, 3.05) is 10.6 Å². The van der Waals surface area contributed by atoms with Gasteiger partial charge in [0.2, 0.25) is 0 Å². The smallest absolute Gasteiger partial charge is 0.412 e. The Morgan fingerprint density at radius 1 is 1.22 bits per heavy atom. The van der Waals surface area contributed by atoms with E-state index >= 15 is 0 Å². The van der Waals surface area contributed by atoms with Crippen molar-refractivity contribution < 1.29 is 13.9 Å². The van der Waals surface area contributed by atoms with Gasteiger partial charge in [0.15, 0.2) is 4.67 Å². The Morgan fingerprint density at radius 3 is 2.52 bits per heavy atom. The number of furan rings is 1. The Hall–Kier alpha value is -1.95. The molecule has 1 unspecified atom stereocenters. The van der Waals surface area contributed by atoms with E-state index in [4.69, 9.17) is 9.15 Å². The Balaban J connectivity index is 2.01. The number of amides is 1. The van der Waals surface area contributed by atoms with Crippen LogP contribution in [0.3, 0.4) is 0 Å². The molecule has 0 fully saturated rings. The topological polar surface area (TPSA) is 63.5 Å². The van der Waals surface area contributed by atoms with E-state index < -0.39 is 11.7 Å². The van der Waals surface area contributed by atoms with Crippen molar-refractivity contribution in [3.05, 3.63) is 46.8 Å². The molecule has 1 heterocycles. The predicted molar refractivity (Wildman–Crippen MR) is 94.7 cm³/mol. The van der Waals surface area contributed by atoms with Gasteiger partial charge in [-0.25, -0.2) is 4.79 Å². The van der Waals surface area contributed by atoms with Gasteiger partial charge < -0.3 is 14.5 Å². The largest absolute Gasteiger partial charge is 0.452 e. The van der Waals surface area contributed by atoms with Gasteiger partial charge in [0.25, 0.3) is 0 Å². The van der Waals surface area contributed by atoms with Crippen LogP contribution in [0.25, 0.3) is 0 Å². The summed E-state index contributed by atoms with van der Waals surface area (Å²) in [6.07, 6.45) is -0.474. The predicted octanol–water partition coefficient (Wildman–Crippen LogP) is 5.56. The molecule has 0 aliphatic heterocycles. The van der Waals surface area contributed by atoms with E-state index in [-0.39, 0.29) is 6.04 Å². The van der Waals surface area contributed by atoms with Crippen LogP contribution in [0.2, 0.25) is 0 Å². The molecule has 1 amide bonds. The SMILES string of the molecule is CC(Nc1cccc(NC(=O)OC(C)(C)C)c1)c1ccc(Br)o1. The van der Waals surface area contributed by atoms with Gasteiger partial charge in [-0.3, -0.25) is 5.32 Å². The fraction of sp³-hybridized carbons (Fsp3) is 0.353. The summed E-state index contributed by atoms with van der Waals surface area (Å²) in [6, 6.07) is 11.2. The van der Waals surface area contributed by atoms with Gasteiger partial charge in [0.1, 0.15) is 11.4 Å². The molecule has 0 bridgehead atoms. The molecule has 2 aromatic rings. The number of halogens is 1. The molecule has 0 radical (unpaired) electrons. The number of rotatable bonds is 4. The lowest BCUT2D eigenvalue weighted by Gasteiger charge is -2.20. The second-order valence-electron chi connectivity index (χ2n) is 6.22. The van der Waals surface area contributed by atoms with Crippen LogP contribution < -0.4 is 10.6 Å². The molecule has 0 saturated carbocycles. The van der Waals surface area contributed by atoms with Crippen LogP contribution in [0.15, 0.2) is 45.5 Å². The van der Waals surface area contributed by atoms with Crippen molar-refractivity contribution in [2.24, 2.45) is 0 Å².